The van der Waals surface area contributed by atoms with E-state index in [0.717, 1.165) is 5.75 Å². The molecule has 2 aromatic carbocycles. The highest BCUT2D eigenvalue weighted by atomic mass is 32.2. The largest absolute Gasteiger partial charge is 0.269 e. The Kier molecular flexibility index (Phi) is 4.12. The third-order valence-corrected chi connectivity index (χ3v) is 4.16. The Morgan fingerprint density at radius 1 is 1.17 bits per heavy atom. The van der Waals surface area contributed by atoms with Crippen molar-refractivity contribution in [1.82, 2.24) is 9.55 Å². The summed E-state index contributed by atoms with van der Waals surface area (Å²) in [6, 6.07) is 13.1. The van der Waals surface area contributed by atoms with Crippen LogP contribution in [0.4, 0.5) is 5.69 Å². The van der Waals surface area contributed by atoms with Gasteiger partial charge in [0.05, 0.1) is 21.5 Å². The van der Waals surface area contributed by atoms with E-state index in [1.165, 1.54) is 28.5 Å². The van der Waals surface area contributed by atoms with E-state index < -0.39 is 4.92 Å². The van der Waals surface area contributed by atoms with Crippen molar-refractivity contribution in [1.29, 1.82) is 0 Å². The molecule has 0 aliphatic carbocycles. The number of nitro benzene ring substituents is 1. The molecule has 0 bridgehead atoms. The van der Waals surface area contributed by atoms with Crippen molar-refractivity contribution in [3.63, 3.8) is 0 Å². The average Bonchev–Trinajstić information content (AvgIpc) is 2.56. The summed E-state index contributed by atoms with van der Waals surface area (Å²) in [5.41, 5.74) is 1.02. The summed E-state index contributed by atoms with van der Waals surface area (Å²) < 4.78 is 1.50. The monoisotopic (exact) mass is 327 g/mol. The SMILES string of the molecule is CCSc1nc2ccccc2c(=O)n1-c1ccc([N+](=O)[O-])cc1. The van der Waals surface area contributed by atoms with Crippen LogP contribution in [0.15, 0.2) is 58.5 Å². The first-order chi connectivity index (χ1) is 11.1. The predicted molar refractivity (Wildman–Crippen MR) is 90.4 cm³/mol. The van der Waals surface area contributed by atoms with Gasteiger partial charge in [-0.15, -0.1) is 0 Å². The summed E-state index contributed by atoms with van der Waals surface area (Å²) in [6.45, 7) is 1.98. The van der Waals surface area contributed by atoms with Crippen molar-refractivity contribution < 1.29 is 4.92 Å². The van der Waals surface area contributed by atoms with Gasteiger partial charge in [0.1, 0.15) is 0 Å². The molecule has 3 aromatic rings. The van der Waals surface area contributed by atoms with Crippen molar-refractivity contribution in [2.45, 2.75) is 12.1 Å². The molecule has 0 fully saturated rings. The highest BCUT2D eigenvalue weighted by molar-refractivity contribution is 7.99. The zero-order valence-corrected chi connectivity index (χ0v) is 13.1. The maximum Gasteiger partial charge on any atom is 0.269 e. The molecule has 0 atom stereocenters. The molecular weight excluding hydrogens is 314 g/mol. The fourth-order valence-corrected chi connectivity index (χ4v) is 3.03. The molecule has 7 heteroatoms. The van der Waals surface area contributed by atoms with Gasteiger partial charge in [-0.3, -0.25) is 19.5 Å². The average molecular weight is 327 g/mol. The summed E-state index contributed by atoms with van der Waals surface area (Å²) in [4.78, 5) is 27.7. The van der Waals surface area contributed by atoms with E-state index in [4.69, 9.17) is 0 Å². The number of nitro groups is 1. The standard InChI is InChI=1S/C16H13N3O3S/c1-2-23-16-17-14-6-4-3-5-13(14)15(20)18(16)11-7-9-12(10-8-11)19(21)22/h3-10H,2H2,1H3. The van der Waals surface area contributed by atoms with Gasteiger partial charge in [-0.1, -0.05) is 30.8 Å². The number of hydrogen-bond acceptors (Lipinski definition) is 5. The summed E-state index contributed by atoms with van der Waals surface area (Å²) in [7, 11) is 0. The molecule has 0 amide bonds. The van der Waals surface area contributed by atoms with Crippen molar-refractivity contribution >= 4 is 28.4 Å². The van der Waals surface area contributed by atoms with Crippen LogP contribution in [0.3, 0.4) is 0 Å². The Labute approximate surface area is 135 Å². The van der Waals surface area contributed by atoms with Crippen LogP contribution in [0.25, 0.3) is 16.6 Å². The minimum absolute atomic E-state index is 0.0137. The molecule has 1 aromatic heterocycles. The number of nitrogens with zero attached hydrogens (tertiary/aromatic N) is 3. The molecule has 3 rings (SSSR count). The molecule has 0 radical (unpaired) electrons. The van der Waals surface area contributed by atoms with Gasteiger partial charge in [-0.05, 0) is 30.0 Å². The molecule has 0 saturated carbocycles. The zero-order chi connectivity index (χ0) is 16.4. The van der Waals surface area contributed by atoms with E-state index in [9.17, 15) is 14.9 Å². The van der Waals surface area contributed by atoms with Crippen LogP contribution < -0.4 is 5.56 Å². The van der Waals surface area contributed by atoms with Crippen molar-refractivity contribution in [3.05, 3.63) is 69.0 Å². The van der Waals surface area contributed by atoms with Crippen molar-refractivity contribution in [3.8, 4) is 5.69 Å². The van der Waals surface area contributed by atoms with E-state index in [0.29, 0.717) is 21.7 Å². The van der Waals surface area contributed by atoms with E-state index >= 15 is 0 Å². The minimum Gasteiger partial charge on any atom is -0.268 e. The minimum atomic E-state index is -0.465. The lowest BCUT2D eigenvalue weighted by Crippen LogP contribution is -2.21. The Bertz CT molecular complexity index is 935. The maximum atomic E-state index is 12.8. The molecule has 6 nitrogen and oxygen atoms in total. The van der Waals surface area contributed by atoms with Gasteiger partial charge < -0.3 is 0 Å². The van der Waals surface area contributed by atoms with Crippen LogP contribution in [0.5, 0.6) is 0 Å². The lowest BCUT2D eigenvalue weighted by Gasteiger charge is -2.12. The zero-order valence-electron chi connectivity index (χ0n) is 12.3. The van der Waals surface area contributed by atoms with Gasteiger partial charge in [-0.2, -0.15) is 0 Å². The van der Waals surface area contributed by atoms with Crippen LogP contribution in [0.1, 0.15) is 6.92 Å². The highest BCUT2D eigenvalue weighted by Crippen LogP contribution is 2.22. The van der Waals surface area contributed by atoms with Gasteiger partial charge >= 0.3 is 0 Å². The number of hydrogen-bond donors (Lipinski definition) is 0. The molecule has 116 valence electrons. The van der Waals surface area contributed by atoms with Gasteiger partial charge in [0.15, 0.2) is 5.16 Å². The maximum absolute atomic E-state index is 12.8. The smallest absolute Gasteiger partial charge is 0.268 e. The highest BCUT2D eigenvalue weighted by Gasteiger charge is 2.13. The fraction of sp³-hybridized carbons (Fsp3) is 0.125. The molecule has 0 spiro atoms. The Morgan fingerprint density at radius 2 is 1.87 bits per heavy atom. The molecular formula is C16H13N3O3S. The molecule has 0 aliphatic rings. The van der Waals surface area contributed by atoms with E-state index in [1.807, 2.05) is 13.0 Å². The van der Waals surface area contributed by atoms with Gasteiger partial charge in [0, 0.05) is 12.1 Å². The van der Waals surface area contributed by atoms with Crippen molar-refractivity contribution in [2.24, 2.45) is 0 Å². The molecule has 1 heterocycles. The fourth-order valence-electron chi connectivity index (χ4n) is 2.29. The van der Waals surface area contributed by atoms with E-state index in [-0.39, 0.29) is 11.2 Å². The summed E-state index contributed by atoms with van der Waals surface area (Å²) >= 11 is 1.45. The van der Waals surface area contributed by atoms with Crippen LogP contribution >= 0.6 is 11.8 Å². The number of thioether (sulfide) groups is 1. The first-order valence-electron chi connectivity index (χ1n) is 7.01. The number of fused-ring (bicyclic) bond motifs is 1. The third kappa shape index (κ3) is 2.83. The normalized spacial score (nSPS) is 10.8. The lowest BCUT2D eigenvalue weighted by atomic mass is 10.2. The van der Waals surface area contributed by atoms with Crippen LogP contribution in [-0.4, -0.2) is 20.2 Å². The van der Waals surface area contributed by atoms with Crippen LogP contribution in [0, 0.1) is 10.1 Å². The molecule has 0 aliphatic heterocycles. The van der Waals surface area contributed by atoms with Crippen molar-refractivity contribution in [2.75, 3.05) is 5.75 Å². The molecule has 0 saturated heterocycles. The summed E-state index contributed by atoms with van der Waals surface area (Å²) in [5.74, 6) is 0.762. The lowest BCUT2D eigenvalue weighted by molar-refractivity contribution is -0.384. The topological polar surface area (TPSA) is 78.0 Å². The third-order valence-electron chi connectivity index (χ3n) is 3.34. The van der Waals surface area contributed by atoms with Gasteiger partial charge in [0.25, 0.3) is 11.2 Å². The number of benzene rings is 2. The van der Waals surface area contributed by atoms with Crippen LogP contribution in [0.2, 0.25) is 0 Å². The molecule has 23 heavy (non-hydrogen) atoms. The molecule has 0 unspecified atom stereocenters. The summed E-state index contributed by atoms with van der Waals surface area (Å²) in [5, 5.41) is 11.9. The number of para-hydroxylation sites is 1. The quantitative estimate of drug-likeness (QED) is 0.317. The molecule has 0 N–H and O–H groups in total. The second-order valence-corrected chi connectivity index (χ2v) is 5.99. The second kappa shape index (κ2) is 6.21. The number of non-ortho nitro benzene ring substituents is 1. The van der Waals surface area contributed by atoms with Gasteiger partial charge in [0.2, 0.25) is 0 Å². The number of rotatable bonds is 4. The van der Waals surface area contributed by atoms with E-state index in [2.05, 4.69) is 4.98 Å². The first kappa shape index (κ1) is 15.2. The Morgan fingerprint density at radius 3 is 2.52 bits per heavy atom. The second-order valence-electron chi connectivity index (χ2n) is 4.76. The number of aromatic nitrogens is 2. The predicted octanol–water partition coefficient (Wildman–Crippen LogP) is 3.41. The van der Waals surface area contributed by atoms with Crippen LogP contribution in [-0.2, 0) is 0 Å². The summed E-state index contributed by atoms with van der Waals surface area (Å²) in [6.07, 6.45) is 0. The Balaban J connectivity index is 2.26. The first-order valence-corrected chi connectivity index (χ1v) is 8.00. The van der Waals surface area contributed by atoms with Gasteiger partial charge in [-0.25, -0.2) is 4.98 Å². The van der Waals surface area contributed by atoms with E-state index in [1.54, 1.807) is 30.3 Å². The Hall–Kier alpha value is -2.67.